The molecule has 0 spiro atoms. The van der Waals surface area contributed by atoms with Crippen LogP contribution in [0.1, 0.15) is 27.9 Å². The van der Waals surface area contributed by atoms with E-state index in [9.17, 15) is 9.18 Å². The third-order valence-electron chi connectivity index (χ3n) is 4.70. The van der Waals surface area contributed by atoms with Crippen LogP contribution in [-0.4, -0.2) is 28.9 Å². The molecule has 3 N–H and O–H groups in total. The second kappa shape index (κ2) is 6.66. The summed E-state index contributed by atoms with van der Waals surface area (Å²) in [4.78, 5) is 20.9. The monoisotopic (exact) mass is 370 g/mol. The van der Waals surface area contributed by atoms with Crippen molar-refractivity contribution in [3.05, 3.63) is 52.3 Å². The largest absolute Gasteiger partial charge is 0.397 e. The van der Waals surface area contributed by atoms with Crippen LogP contribution in [0.4, 0.5) is 15.8 Å². The van der Waals surface area contributed by atoms with Crippen LogP contribution in [0.25, 0.3) is 10.2 Å². The third kappa shape index (κ3) is 3.04. The molecule has 5 nitrogen and oxygen atoms in total. The average Bonchev–Trinajstić information content (AvgIpc) is 2.97. The van der Waals surface area contributed by atoms with E-state index in [2.05, 4.69) is 23.2 Å². The van der Waals surface area contributed by atoms with Crippen molar-refractivity contribution in [3.8, 4) is 0 Å². The minimum Gasteiger partial charge on any atom is -0.397 e. The number of likely N-dealkylation sites (N-methyl/N-ethyl adjacent to an activating group) is 1. The molecule has 0 atom stereocenters. The number of nitrogens with zero attached hydrogens (tertiary/aromatic N) is 2. The van der Waals surface area contributed by atoms with Crippen LogP contribution in [0.2, 0.25) is 0 Å². The van der Waals surface area contributed by atoms with Crippen LogP contribution < -0.4 is 11.1 Å². The third-order valence-corrected chi connectivity index (χ3v) is 5.82. The number of nitrogens with one attached hydrogen (secondary N) is 1. The smallest absolute Gasteiger partial charge is 0.267 e. The number of halogens is 1. The van der Waals surface area contributed by atoms with E-state index in [1.807, 2.05) is 0 Å². The molecule has 0 radical (unpaired) electrons. The van der Waals surface area contributed by atoms with Gasteiger partial charge in [0.05, 0.1) is 5.69 Å². The molecule has 1 aliphatic rings. The van der Waals surface area contributed by atoms with E-state index >= 15 is 0 Å². The number of carbonyl (C=O) groups excluding carboxylic acids is 1. The van der Waals surface area contributed by atoms with Gasteiger partial charge in [0.1, 0.15) is 15.5 Å². The van der Waals surface area contributed by atoms with Gasteiger partial charge in [-0.1, -0.05) is 6.92 Å². The molecular weight excluding hydrogens is 351 g/mol. The molecule has 0 fully saturated rings. The molecule has 2 aromatic heterocycles. The maximum atomic E-state index is 13.0. The fourth-order valence-electron chi connectivity index (χ4n) is 3.22. The predicted molar refractivity (Wildman–Crippen MR) is 103 cm³/mol. The maximum absolute atomic E-state index is 13.0. The number of pyridine rings is 1. The first-order valence-corrected chi connectivity index (χ1v) is 9.37. The summed E-state index contributed by atoms with van der Waals surface area (Å²) < 4.78 is 13.0. The van der Waals surface area contributed by atoms with Crippen molar-refractivity contribution in [3.63, 3.8) is 0 Å². The van der Waals surface area contributed by atoms with Crippen molar-refractivity contribution in [1.29, 1.82) is 0 Å². The zero-order chi connectivity index (χ0) is 18.3. The quantitative estimate of drug-likeness (QED) is 0.738. The van der Waals surface area contributed by atoms with E-state index < -0.39 is 0 Å². The van der Waals surface area contributed by atoms with Crippen LogP contribution in [-0.2, 0) is 13.0 Å². The first-order valence-electron chi connectivity index (χ1n) is 8.55. The lowest BCUT2D eigenvalue weighted by atomic mass is 10.0. The highest BCUT2D eigenvalue weighted by molar-refractivity contribution is 7.21. The van der Waals surface area contributed by atoms with Crippen molar-refractivity contribution < 1.29 is 9.18 Å². The van der Waals surface area contributed by atoms with E-state index in [1.165, 1.54) is 41.2 Å². The lowest BCUT2D eigenvalue weighted by Gasteiger charge is -2.26. The molecule has 4 rings (SSSR count). The topological polar surface area (TPSA) is 71.2 Å². The normalized spacial score (nSPS) is 14.4. The number of anilines is 2. The van der Waals surface area contributed by atoms with Crippen LogP contribution in [0, 0.1) is 5.82 Å². The van der Waals surface area contributed by atoms with Gasteiger partial charge in [0.15, 0.2) is 0 Å². The van der Waals surface area contributed by atoms with Crippen molar-refractivity contribution in [2.45, 2.75) is 19.9 Å². The Hall–Kier alpha value is -2.51. The number of aromatic nitrogens is 1. The average molecular weight is 370 g/mol. The fourth-order valence-corrected chi connectivity index (χ4v) is 4.21. The molecule has 0 saturated carbocycles. The number of benzene rings is 1. The second-order valence-corrected chi connectivity index (χ2v) is 7.37. The van der Waals surface area contributed by atoms with Gasteiger partial charge in [-0.3, -0.25) is 9.69 Å². The molecule has 3 heterocycles. The SMILES string of the molecule is CCN1CCc2nc3sc(C(=O)Nc4ccc(F)cc4)c(N)c3cc2C1. The summed E-state index contributed by atoms with van der Waals surface area (Å²) in [5, 5.41) is 3.59. The molecule has 0 bridgehead atoms. The lowest BCUT2D eigenvalue weighted by Crippen LogP contribution is -2.30. The Kier molecular flexibility index (Phi) is 4.34. The van der Waals surface area contributed by atoms with E-state index in [0.717, 1.165) is 42.0 Å². The van der Waals surface area contributed by atoms with Gasteiger partial charge < -0.3 is 11.1 Å². The Labute approximate surface area is 154 Å². The molecular formula is C19H19FN4OS. The summed E-state index contributed by atoms with van der Waals surface area (Å²) in [5.74, 6) is -0.648. The molecule has 0 unspecified atom stereocenters. The van der Waals surface area contributed by atoms with Crippen molar-refractivity contribution in [1.82, 2.24) is 9.88 Å². The van der Waals surface area contributed by atoms with Gasteiger partial charge in [-0.05, 0) is 42.4 Å². The number of nitrogens with two attached hydrogens (primary N) is 1. The highest BCUT2D eigenvalue weighted by atomic mass is 32.1. The molecule has 26 heavy (non-hydrogen) atoms. The van der Waals surface area contributed by atoms with Crippen LogP contribution in [0.5, 0.6) is 0 Å². The van der Waals surface area contributed by atoms with E-state index in [4.69, 9.17) is 10.7 Å². The number of amides is 1. The molecule has 1 aliphatic heterocycles. The van der Waals surface area contributed by atoms with E-state index in [-0.39, 0.29) is 11.7 Å². The number of hydrogen-bond donors (Lipinski definition) is 2. The van der Waals surface area contributed by atoms with Crippen molar-refractivity contribution in [2.24, 2.45) is 0 Å². The van der Waals surface area contributed by atoms with Gasteiger partial charge in [-0.2, -0.15) is 0 Å². The highest BCUT2D eigenvalue weighted by Crippen LogP contribution is 2.35. The van der Waals surface area contributed by atoms with Gasteiger partial charge in [-0.25, -0.2) is 9.37 Å². The number of carbonyl (C=O) groups is 1. The van der Waals surface area contributed by atoms with Gasteiger partial charge in [0, 0.05) is 36.3 Å². The predicted octanol–water partition coefficient (Wildman–Crippen LogP) is 3.65. The van der Waals surface area contributed by atoms with Gasteiger partial charge in [0.25, 0.3) is 5.91 Å². The number of thiophene rings is 1. The molecule has 0 saturated heterocycles. The van der Waals surface area contributed by atoms with Crippen LogP contribution >= 0.6 is 11.3 Å². The van der Waals surface area contributed by atoms with Crippen molar-refractivity contribution in [2.75, 3.05) is 24.1 Å². The molecule has 1 amide bonds. The Bertz CT molecular complexity index is 983. The number of nitrogen functional groups attached to an aromatic ring is 1. The number of rotatable bonds is 3. The molecule has 0 aliphatic carbocycles. The number of fused-ring (bicyclic) bond motifs is 2. The summed E-state index contributed by atoms with van der Waals surface area (Å²) in [6.07, 6.45) is 0.911. The second-order valence-electron chi connectivity index (χ2n) is 6.37. The first-order chi connectivity index (χ1) is 12.5. The minimum absolute atomic E-state index is 0.301. The zero-order valence-corrected chi connectivity index (χ0v) is 15.2. The van der Waals surface area contributed by atoms with Crippen LogP contribution in [0.3, 0.4) is 0 Å². The lowest BCUT2D eigenvalue weighted by molar-refractivity contribution is 0.103. The van der Waals surface area contributed by atoms with Crippen molar-refractivity contribution >= 4 is 38.8 Å². The number of hydrogen-bond acceptors (Lipinski definition) is 5. The van der Waals surface area contributed by atoms with Gasteiger partial charge >= 0.3 is 0 Å². The summed E-state index contributed by atoms with van der Waals surface area (Å²) in [7, 11) is 0. The van der Waals surface area contributed by atoms with Gasteiger partial charge in [-0.15, -0.1) is 11.3 Å². The van der Waals surface area contributed by atoms with Gasteiger partial charge in [0.2, 0.25) is 0 Å². The molecule has 3 aromatic rings. The molecule has 1 aromatic carbocycles. The molecule has 134 valence electrons. The maximum Gasteiger partial charge on any atom is 0.267 e. The zero-order valence-electron chi connectivity index (χ0n) is 14.4. The summed E-state index contributed by atoms with van der Waals surface area (Å²) in [5.41, 5.74) is 9.51. The van der Waals surface area contributed by atoms with E-state index in [0.29, 0.717) is 16.3 Å². The summed E-state index contributed by atoms with van der Waals surface area (Å²) in [6, 6.07) is 7.72. The minimum atomic E-state index is -0.347. The highest BCUT2D eigenvalue weighted by Gasteiger charge is 2.22. The fraction of sp³-hybridized carbons (Fsp3) is 0.263. The Balaban J connectivity index is 1.67. The first kappa shape index (κ1) is 16.9. The molecule has 7 heteroatoms. The standard InChI is InChI=1S/C19H19FN4OS/c1-2-24-8-7-15-11(10-24)9-14-16(21)17(26-19(14)23-15)18(25)22-13-5-3-12(20)4-6-13/h3-6,9H,2,7-8,10,21H2,1H3,(H,22,25). The Morgan fingerprint density at radius 3 is 2.88 bits per heavy atom. The summed E-state index contributed by atoms with van der Waals surface area (Å²) >= 11 is 1.30. The Morgan fingerprint density at radius 2 is 2.15 bits per heavy atom. The summed E-state index contributed by atoms with van der Waals surface area (Å²) in [6.45, 7) is 5.01. The Morgan fingerprint density at radius 1 is 1.38 bits per heavy atom. The van der Waals surface area contributed by atoms with Crippen LogP contribution in [0.15, 0.2) is 30.3 Å². The van der Waals surface area contributed by atoms with E-state index in [1.54, 1.807) is 0 Å².